The van der Waals surface area contributed by atoms with Gasteiger partial charge in [0.05, 0.1) is 21.2 Å². The monoisotopic (exact) mass is 896 g/mol. The van der Waals surface area contributed by atoms with E-state index in [1.165, 1.54) is 33.6 Å². The highest BCUT2D eigenvalue weighted by molar-refractivity contribution is 6.34. The highest BCUT2D eigenvalue weighted by atomic mass is 35.5. The zero-order chi connectivity index (χ0) is 42.4. The minimum Gasteiger partial charge on any atom is -0.504 e. The zero-order valence-corrected chi connectivity index (χ0v) is 35.2. The SMILES string of the molecule is C=CCOc1cc([C@@H](C)CC2CCn3c(Cl)c(-c4cc(Oc5ccccc5O)c(Cl)cc4F)c(=O)n3C2)ccc1Oc1cc(-c2c(Cl)n3n(c2=O)CCCC3)c(F)cc1Cl. The average molecular weight is 899 g/mol. The van der Waals surface area contributed by atoms with E-state index < -0.39 is 17.2 Å². The first-order valence-electron chi connectivity index (χ1n) is 19.3. The van der Waals surface area contributed by atoms with Crippen molar-refractivity contribution in [2.75, 3.05) is 6.61 Å². The second kappa shape index (κ2) is 17.1. The summed E-state index contributed by atoms with van der Waals surface area (Å²) in [5.74, 6) is -0.601. The van der Waals surface area contributed by atoms with Gasteiger partial charge in [-0.1, -0.05) is 84.2 Å². The van der Waals surface area contributed by atoms with Crippen LogP contribution in [0.25, 0.3) is 22.3 Å². The molecule has 16 heteroatoms. The number of ether oxygens (including phenoxy) is 3. The molecular formula is C44H38Cl4F2N4O6. The largest absolute Gasteiger partial charge is 0.504 e. The maximum Gasteiger partial charge on any atom is 0.276 e. The molecule has 0 aliphatic carbocycles. The Labute approximate surface area is 363 Å². The molecule has 60 heavy (non-hydrogen) atoms. The Morgan fingerprint density at radius 3 is 1.95 bits per heavy atom. The van der Waals surface area contributed by atoms with Crippen molar-refractivity contribution in [2.24, 2.45) is 5.92 Å². The zero-order valence-electron chi connectivity index (χ0n) is 32.2. The van der Waals surface area contributed by atoms with E-state index in [-0.39, 0.29) is 89.6 Å². The number of hydrogen-bond acceptors (Lipinski definition) is 6. The number of rotatable bonds is 12. The molecule has 1 unspecified atom stereocenters. The molecule has 10 nitrogen and oxygen atoms in total. The van der Waals surface area contributed by atoms with Crippen LogP contribution in [0.2, 0.25) is 20.4 Å². The highest BCUT2D eigenvalue weighted by Gasteiger charge is 2.30. The lowest BCUT2D eigenvalue weighted by atomic mass is 9.87. The molecule has 2 aliphatic heterocycles. The van der Waals surface area contributed by atoms with Gasteiger partial charge >= 0.3 is 0 Å². The van der Waals surface area contributed by atoms with Gasteiger partial charge in [-0.3, -0.25) is 19.0 Å². The van der Waals surface area contributed by atoms with E-state index in [0.717, 1.165) is 30.5 Å². The predicted molar refractivity (Wildman–Crippen MR) is 229 cm³/mol. The summed E-state index contributed by atoms with van der Waals surface area (Å²) in [4.78, 5) is 27.3. The summed E-state index contributed by atoms with van der Waals surface area (Å²) in [5.41, 5.74) is 0.0127. The van der Waals surface area contributed by atoms with Crippen LogP contribution in [-0.2, 0) is 26.2 Å². The molecule has 4 heterocycles. The third-order valence-corrected chi connectivity index (χ3v) is 12.3. The average Bonchev–Trinajstić information content (AvgIpc) is 3.63. The second-order valence-corrected chi connectivity index (χ2v) is 16.4. The van der Waals surface area contributed by atoms with Crippen molar-refractivity contribution in [1.29, 1.82) is 0 Å². The molecular weight excluding hydrogens is 860 g/mol. The smallest absolute Gasteiger partial charge is 0.276 e. The second-order valence-electron chi connectivity index (χ2n) is 14.9. The summed E-state index contributed by atoms with van der Waals surface area (Å²) in [6, 6.07) is 16.6. The Morgan fingerprint density at radius 2 is 1.33 bits per heavy atom. The first-order valence-corrected chi connectivity index (χ1v) is 20.8. The van der Waals surface area contributed by atoms with Crippen molar-refractivity contribution < 1.29 is 28.1 Å². The quantitative estimate of drug-likeness (QED) is 0.123. The van der Waals surface area contributed by atoms with E-state index in [1.54, 1.807) is 33.6 Å². The fourth-order valence-electron chi connectivity index (χ4n) is 7.97. The van der Waals surface area contributed by atoms with E-state index in [0.29, 0.717) is 50.5 Å². The number of hydrogen-bond donors (Lipinski definition) is 1. The van der Waals surface area contributed by atoms with Crippen LogP contribution in [0.5, 0.6) is 34.5 Å². The number of aromatic nitrogens is 4. The van der Waals surface area contributed by atoms with E-state index in [2.05, 4.69) is 13.5 Å². The van der Waals surface area contributed by atoms with Crippen LogP contribution in [0.15, 0.2) is 89.0 Å². The van der Waals surface area contributed by atoms with Crippen LogP contribution < -0.4 is 25.3 Å². The van der Waals surface area contributed by atoms with Crippen molar-refractivity contribution >= 4 is 46.4 Å². The Balaban J connectivity index is 1.03. The van der Waals surface area contributed by atoms with E-state index in [9.17, 15) is 14.7 Å². The van der Waals surface area contributed by atoms with Gasteiger partial charge in [0, 0.05) is 37.3 Å². The molecule has 0 radical (unpaired) electrons. The molecule has 0 spiro atoms. The van der Waals surface area contributed by atoms with E-state index >= 15 is 8.78 Å². The molecule has 0 amide bonds. The number of benzene rings is 4. The van der Waals surface area contributed by atoms with E-state index in [4.69, 9.17) is 60.6 Å². The number of phenolic OH excluding ortho intramolecular Hbond substituents is 1. The lowest BCUT2D eigenvalue weighted by molar-refractivity contribution is 0.242. The Hall–Kier alpha value is -5.14. The maximum atomic E-state index is 15.5. The molecule has 2 atom stereocenters. The van der Waals surface area contributed by atoms with Crippen molar-refractivity contribution in [2.45, 2.75) is 64.7 Å². The number of phenols is 1. The number of para-hydroxylation sites is 2. The molecule has 0 fully saturated rings. The number of aromatic hydroxyl groups is 1. The van der Waals surface area contributed by atoms with Crippen LogP contribution in [0.4, 0.5) is 8.78 Å². The van der Waals surface area contributed by atoms with Crippen LogP contribution >= 0.6 is 46.4 Å². The Kier molecular flexibility index (Phi) is 11.8. The minimum atomic E-state index is -0.749. The summed E-state index contributed by atoms with van der Waals surface area (Å²) in [6.45, 7) is 7.80. The molecule has 2 aliphatic rings. The van der Waals surface area contributed by atoms with Gasteiger partial charge in [0.15, 0.2) is 23.0 Å². The fourth-order valence-corrected chi connectivity index (χ4v) is 9.06. The van der Waals surface area contributed by atoms with Gasteiger partial charge < -0.3 is 19.3 Å². The highest BCUT2D eigenvalue weighted by Crippen LogP contribution is 2.43. The van der Waals surface area contributed by atoms with Gasteiger partial charge in [0.2, 0.25) is 0 Å². The first-order chi connectivity index (χ1) is 28.8. The lowest BCUT2D eigenvalue weighted by Crippen LogP contribution is -2.33. The standard InChI is InChI=1S/C44H38Cl4F2N4O6/c1-3-16-58-38-18-26(10-11-35(38)60-37-20-27(31(49)22-30(37)46)39-41(47)51-13-6-7-14-53(51)43(39)56)24(2)17-25-12-15-52-42(48)40(44(57)54(52)23-25)28-19-36(29(45)21-32(28)50)59-34-9-5-4-8-33(34)55/h3-5,8-11,18-22,24-25,55H,1,6-7,12-17,23H2,2H3/t24-,25?/m0/s1. The molecule has 0 saturated carbocycles. The lowest BCUT2D eigenvalue weighted by Gasteiger charge is -2.28. The van der Waals surface area contributed by atoms with E-state index in [1.807, 2.05) is 12.1 Å². The van der Waals surface area contributed by atoms with Gasteiger partial charge in [-0.05, 0) is 91.6 Å². The van der Waals surface area contributed by atoms with Crippen LogP contribution in [0.3, 0.4) is 0 Å². The fraction of sp³-hybridized carbons (Fsp3) is 0.273. The summed E-state index contributed by atoms with van der Waals surface area (Å²) in [5, 5.41) is 10.4. The van der Waals surface area contributed by atoms with Crippen molar-refractivity contribution in [1.82, 2.24) is 18.7 Å². The van der Waals surface area contributed by atoms with Gasteiger partial charge in [-0.15, -0.1) is 0 Å². The molecule has 6 aromatic rings. The van der Waals surface area contributed by atoms with Gasteiger partial charge in [-0.25, -0.2) is 18.1 Å². The van der Waals surface area contributed by atoms with Crippen LogP contribution in [0, 0.1) is 17.6 Å². The third kappa shape index (κ3) is 7.82. The maximum absolute atomic E-state index is 15.5. The molecule has 312 valence electrons. The number of halogens is 6. The van der Waals surface area contributed by atoms with Crippen molar-refractivity contribution in [3.63, 3.8) is 0 Å². The summed E-state index contributed by atoms with van der Waals surface area (Å²) >= 11 is 26.2. The molecule has 0 saturated heterocycles. The molecule has 0 bridgehead atoms. The van der Waals surface area contributed by atoms with Gasteiger partial charge in [-0.2, -0.15) is 0 Å². The molecule has 2 aromatic heterocycles. The molecule has 8 rings (SSSR count). The topological polar surface area (TPSA) is 102 Å². The molecule has 1 N–H and O–H groups in total. The van der Waals surface area contributed by atoms with Crippen LogP contribution in [-0.4, -0.2) is 30.4 Å². The minimum absolute atomic E-state index is 0.0100. The first kappa shape index (κ1) is 41.6. The van der Waals surface area contributed by atoms with Crippen LogP contribution in [0.1, 0.15) is 44.1 Å². The Morgan fingerprint density at radius 1 is 0.750 bits per heavy atom. The van der Waals surface area contributed by atoms with Gasteiger partial charge in [0.25, 0.3) is 11.1 Å². The number of fused-ring (bicyclic) bond motifs is 2. The Bertz CT molecular complexity index is 2780. The van der Waals surface area contributed by atoms with Crippen molar-refractivity contribution in [3.05, 3.63) is 138 Å². The normalized spacial score (nSPS) is 15.3. The van der Waals surface area contributed by atoms with Gasteiger partial charge in [0.1, 0.15) is 40.0 Å². The summed E-state index contributed by atoms with van der Waals surface area (Å²) in [6.07, 6.45) is 4.66. The molecule has 4 aromatic carbocycles. The van der Waals surface area contributed by atoms with Crippen molar-refractivity contribution in [3.8, 4) is 56.8 Å². The summed E-state index contributed by atoms with van der Waals surface area (Å²) in [7, 11) is 0. The summed E-state index contributed by atoms with van der Waals surface area (Å²) < 4.78 is 55.4. The third-order valence-electron chi connectivity index (χ3n) is 11.0. The predicted octanol–water partition coefficient (Wildman–Crippen LogP) is 11.7. The number of nitrogens with zero attached hydrogens (tertiary/aromatic N) is 4.